The van der Waals surface area contributed by atoms with Crippen molar-refractivity contribution in [1.82, 2.24) is 15.0 Å². The molecule has 0 aliphatic carbocycles. The zero-order valence-corrected chi connectivity index (χ0v) is 30.5. The van der Waals surface area contributed by atoms with Gasteiger partial charge in [-0.1, -0.05) is 164 Å². The predicted octanol–water partition coefficient (Wildman–Crippen LogP) is 14.0. The summed E-state index contributed by atoms with van der Waals surface area (Å²) >= 11 is 1.84. The molecule has 0 radical (unpaired) electrons. The first-order valence-electron chi connectivity index (χ1n) is 18.5. The standard InChI is InChI=1S/C51H31N3S/c1-2-10-36(11-3-1)49-52-50(37-23-17-32(18-24-37)40-27-28-43-42-14-6-7-16-47(42)55-48(43)31-40)54-51(53-49)44-15-8-12-34-21-25-39(30-46(34)44)38-26-22-35-20-19-33-9-4-5-13-41(33)45(35)29-38/h1-31H. The molecule has 0 saturated carbocycles. The number of hydrogen-bond acceptors (Lipinski definition) is 4. The minimum absolute atomic E-state index is 0.643. The average Bonchev–Trinajstić information content (AvgIpc) is 3.64. The molecule has 0 aliphatic rings. The first-order chi connectivity index (χ1) is 27.2. The Bertz CT molecular complexity index is 3260. The fourth-order valence-corrected chi connectivity index (χ4v) is 9.03. The maximum Gasteiger partial charge on any atom is 0.164 e. The minimum atomic E-state index is 0.643. The van der Waals surface area contributed by atoms with E-state index in [1.54, 1.807) is 0 Å². The highest BCUT2D eigenvalue weighted by Gasteiger charge is 2.16. The van der Waals surface area contributed by atoms with E-state index in [1.165, 1.54) is 52.8 Å². The number of fused-ring (bicyclic) bond motifs is 7. The molecule has 11 aromatic rings. The molecule has 0 saturated heterocycles. The van der Waals surface area contributed by atoms with Crippen molar-refractivity contribution in [3.8, 4) is 56.4 Å². The van der Waals surface area contributed by atoms with E-state index in [2.05, 4.69) is 170 Å². The van der Waals surface area contributed by atoms with Gasteiger partial charge in [-0.15, -0.1) is 11.3 Å². The first-order valence-corrected chi connectivity index (χ1v) is 19.3. The van der Waals surface area contributed by atoms with Gasteiger partial charge in [-0.2, -0.15) is 0 Å². The van der Waals surface area contributed by atoms with E-state index < -0.39 is 0 Å². The second-order valence-electron chi connectivity index (χ2n) is 14.0. The number of rotatable bonds is 5. The molecule has 0 amide bonds. The van der Waals surface area contributed by atoms with E-state index in [0.717, 1.165) is 38.6 Å². The SMILES string of the molecule is c1ccc(-c2nc(-c3ccc(-c4ccc5c(c4)sc4ccccc45)cc3)nc(-c3cccc4ccc(-c5ccc6ccc7ccccc7c6c5)cc34)n2)cc1. The highest BCUT2D eigenvalue weighted by atomic mass is 32.1. The van der Waals surface area contributed by atoms with Gasteiger partial charge in [0, 0.05) is 36.9 Å². The molecule has 0 aliphatic heterocycles. The maximum absolute atomic E-state index is 5.17. The van der Waals surface area contributed by atoms with Crippen molar-refractivity contribution < 1.29 is 0 Å². The highest BCUT2D eigenvalue weighted by molar-refractivity contribution is 7.25. The third kappa shape index (κ3) is 5.54. The molecule has 3 nitrogen and oxygen atoms in total. The molecule has 0 unspecified atom stereocenters. The van der Waals surface area contributed by atoms with Gasteiger partial charge in [0.25, 0.3) is 0 Å². The summed E-state index contributed by atoms with van der Waals surface area (Å²) in [5.41, 5.74) is 7.54. The van der Waals surface area contributed by atoms with Gasteiger partial charge in [0.05, 0.1) is 0 Å². The van der Waals surface area contributed by atoms with E-state index >= 15 is 0 Å². The predicted molar refractivity (Wildman–Crippen MR) is 232 cm³/mol. The van der Waals surface area contributed by atoms with Crippen LogP contribution in [0.4, 0.5) is 0 Å². The number of thiophene rings is 1. The van der Waals surface area contributed by atoms with Crippen LogP contribution in [0.5, 0.6) is 0 Å². The van der Waals surface area contributed by atoms with Crippen LogP contribution in [0.1, 0.15) is 0 Å². The van der Waals surface area contributed by atoms with Crippen LogP contribution < -0.4 is 0 Å². The van der Waals surface area contributed by atoms with Crippen LogP contribution in [0.3, 0.4) is 0 Å². The summed E-state index contributed by atoms with van der Waals surface area (Å²) in [4.78, 5) is 15.3. The first kappa shape index (κ1) is 31.5. The quantitative estimate of drug-likeness (QED) is 0.166. The normalized spacial score (nSPS) is 11.6. The lowest BCUT2D eigenvalue weighted by Crippen LogP contribution is -2.00. The van der Waals surface area contributed by atoms with Gasteiger partial charge in [0.1, 0.15) is 0 Å². The molecule has 0 atom stereocenters. The number of benzene rings is 9. The molecular formula is C51H31N3S. The lowest BCUT2D eigenvalue weighted by Gasteiger charge is -2.12. The van der Waals surface area contributed by atoms with Crippen LogP contribution in [0.2, 0.25) is 0 Å². The molecule has 256 valence electrons. The van der Waals surface area contributed by atoms with Gasteiger partial charge in [-0.05, 0) is 78.8 Å². The number of aromatic nitrogens is 3. The van der Waals surface area contributed by atoms with Crippen molar-refractivity contribution in [1.29, 1.82) is 0 Å². The van der Waals surface area contributed by atoms with Gasteiger partial charge < -0.3 is 0 Å². The summed E-state index contributed by atoms with van der Waals surface area (Å²) in [6.07, 6.45) is 0. The van der Waals surface area contributed by atoms with Crippen LogP contribution in [0.25, 0.3) is 109 Å². The minimum Gasteiger partial charge on any atom is -0.208 e. The molecule has 55 heavy (non-hydrogen) atoms. The Morgan fingerprint density at radius 2 is 0.782 bits per heavy atom. The lowest BCUT2D eigenvalue weighted by atomic mass is 9.94. The van der Waals surface area contributed by atoms with Gasteiger partial charge in [0.15, 0.2) is 17.5 Å². The average molecular weight is 718 g/mol. The Balaban J connectivity index is 1.02. The maximum atomic E-state index is 5.17. The van der Waals surface area contributed by atoms with E-state index in [9.17, 15) is 0 Å². The topological polar surface area (TPSA) is 38.7 Å². The Labute approximate surface area is 321 Å². The summed E-state index contributed by atoms with van der Waals surface area (Å²) in [7, 11) is 0. The number of hydrogen-bond donors (Lipinski definition) is 0. The van der Waals surface area contributed by atoms with Crippen LogP contribution >= 0.6 is 11.3 Å². The van der Waals surface area contributed by atoms with Crippen molar-refractivity contribution in [2.24, 2.45) is 0 Å². The Hall–Kier alpha value is -7.01. The summed E-state index contributed by atoms with van der Waals surface area (Å²) in [5.74, 6) is 1.94. The molecular weight excluding hydrogens is 687 g/mol. The van der Waals surface area contributed by atoms with Crippen molar-refractivity contribution >= 4 is 63.8 Å². The zero-order valence-electron chi connectivity index (χ0n) is 29.6. The van der Waals surface area contributed by atoms with Crippen molar-refractivity contribution in [3.63, 3.8) is 0 Å². The fraction of sp³-hybridized carbons (Fsp3) is 0. The van der Waals surface area contributed by atoms with Crippen LogP contribution in [-0.2, 0) is 0 Å². The largest absolute Gasteiger partial charge is 0.208 e. The summed E-state index contributed by atoms with van der Waals surface area (Å²) < 4.78 is 2.61. The monoisotopic (exact) mass is 717 g/mol. The second-order valence-corrected chi connectivity index (χ2v) is 15.1. The fourth-order valence-electron chi connectivity index (χ4n) is 7.89. The van der Waals surface area contributed by atoms with Gasteiger partial charge in [0.2, 0.25) is 0 Å². The van der Waals surface area contributed by atoms with Crippen molar-refractivity contribution in [2.75, 3.05) is 0 Å². The molecule has 11 rings (SSSR count). The van der Waals surface area contributed by atoms with E-state index in [1.807, 2.05) is 29.5 Å². The third-order valence-corrected chi connectivity index (χ3v) is 11.9. The summed E-state index contributed by atoms with van der Waals surface area (Å²) in [6.45, 7) is 0. The van der Waals surface area contributed by atoms with Crippen LogP contribution in [0, 0.1) is 0 Å². The third-order valence-electron chi connectivity index (χ3n) is 10.7. The van der Waals surface area contributed by atoms with Gasteiger partial charge >= 0.3 is 0 Å². The molecule has 0 spiro atoms. The second kappa shape index (κ2) is 12.8. The Kier molecular flexibility index (Phi) is 7.35. The molecule has 2 aromatic heterocycles. The highest BCUT2D eigenvalue weighted by Crippen LogP contribution is 2.38. The van der Waals surface area contributed by atoms with Gasteiger partial charge in [-0.25, -0.2) is 15.0 Å². The van der Waals surface area contributed by atoms with E-state index in [-0.39, 0.29) is 0 Å². The molecule has 0 N–H and O–H groups in total. The molecule has 0 bridgehead atoms. The van der Waals surface area contributed by atoms with E-state index in [4.69, 9.17) is 15.0 Å². The van der Waals surface area contributed by atoms with Crippen LogP contribution in [-0.4, -0.2) is 15.0 Å². The lowest BCUT2D eigenvalue weighted by molar-refractivity contribution is 1.08. The summed E-state index contributed by atoms with van der Waals surface area (Å²) in [5, 5.41) is 9.85. The molecule has 2 heterocycles. The van der Waals surface area contributed by atoms with Gasteiger partial charge in [-0.3, -0.25) is 0 Å². The van der Waals surface area contributed by atoms with E-state index in [0.29, 0.717) is 17.5 Å². The number of nitrogens with zero attached hydrogens (tertiary/aromatic N) is 3. The summed E-state index contributed by atoms with van der Waals surface area (Å²) in [6, 6.07) is 67.0. The smallest absolute Gasteiger partial charge is 0.164 e. The molecule has 4 heteroatoms. The molecule has 0 fully saturated rings. The Morgan fingerprint density at radius 1 is 0.273 bits per heavy atom. The zero-order chi connectivity index (χ0) is 36.3. The van der Waals surface area contributed by atoms with Crippen molar-refractivity contribution in [3.05, 3.63) is 188 Å². The van der Waals surface area contributed by atoms with Crippen LogP contribution in [0.15, 0.2) is 188 Å². The van der Waals surface area contributed by atoms with Crippen molar-refractivity contribution in [2.45, 2.75) is 0 Å². The Morgan fingerprint density at radius 3 is 1.58 bits per heavy atom. The molecule has 9 aromatic carbocycles.